The first-order chi connectivity index (χ1) is 8.76. The van der Waals surface area contributed by atoms with Gasteiger partial charge in [0.15, 0.2) is 0 Å². The average molecular weight is 273 g/mol. The molecule has 0 heterocycles. The van der Waals surface area contributed by atoms with Gasteiger partial charge in [-0.2, -0.15) is 0 Å². The van der Waals surface area contributed by atoms with E-state index < -0.39 is 0 Å². The molecule has 0 saturated heterocycles. The third-order valence-corrected chi connectivity index (χ3v) is 2.76. The van der Waals surface area contributed by atoms with E-state index in [1.807, 2.05) is 25.8 Å². The van der Waals surface area contributed by atoms with Gasteiger partial charge in [-0.1, -0.05) is 13.8 Å². The highest BCUT2D eigenvalue weighted by atomic mass is 16.5. The number of amides is 1. The molecule has 0 atom stereocenters. The number of hydrogen-bond donors (Lipinski definition) is 2. The quantitative estimate of drug-likeness (QED) is 0.579. The van der Waals surface area contributed by atoms with Crippen LogP contribution in [0.2, 0.25) is 0 Å². The second-order valence-corrected chi connectivity index (χ2v) is 6.16. The number of carbonyl (C=O) groups excluding carboxylic acids is 1. The molecule has 0 fully saturated rings. The molecule has 0 aliphatic heterocycles. The number of nitrogens with two attached hydrogens (primary N) is 1. The van der Waals surface area contributed by atoms with Gasteiger partial charge in [0.2, 0.25) is 5.91 Å². The first kappa shape index (κ1) is 18.4. The predicted octanol–water partition coefficient (Wildman–Crippen LogP) is 0.834. The van der Waals surface area contributed by atoms with E-state index in [2.05, 4.69) is 19.2 Å². The fraction of sp³-hybridized carbons (Fsp3) is 0.929. The van der Waals surface area contributed by atoms with Crippen LogP contribution in [0.5, 0.6) is 0 Å². The van der Waals surface area contributed by atoms with Gasteiger partial charge in [0.1, 0.15) is 0 Å². The number of hydrogen-bond acceptors (Lipinski definition) is 4. The van der Waals surface area contributed by atoms with Crippen molar-refractivity contribution in [1.29, 1.82) is 0 Å². The van der Waals surface area contributed by atoms with Crippen LogP contribution < -0.4 is 11.1 Å². The van der Waals surface area contributed by atoms with Crippen molar-refractivity contribution in [2.24, 2.45) is 11.1 Å². The molecule has 0 aliphatic rings. The molecule has 0 saturated carbocycles. The average Bonchev–Trinajstić information content (AvgIpc) is 2.27. The van der Waals surface area contributed by atoms with Gasteiger partial charge in [-0.25, -0.2) is 0 Å². The van der Waals surface area contributed by atoms with Gasteiger partial charge >= 0.3 is 0 Å². The third kappa shape index (κ3) is 10.9. The Hall–Kier alpha value is -0.650. The van der Waals surface area contributed by atoms with Crippen molar-refractivity contribution in [2.45, 2.75) is 40.2 Å². The van der Waals surface area contributed by atoms with E-state index >= 15 is 0 Å². The van der Waals surface area contributed by atoms with Crippen LogP contribution in [0.1, 0.15) is 34.1 Å². The minimum Gasteiger partial charge on any atom is -0.379 e. The molecule has 114 valence electrons. The Balaban J connectivity index is 3.68. The van der Waals surface area contributed by atoms with Gasteiger partial charge in [0, 0.05) is 19.7 Å². The highest BCUT2D eigenvalue weighted by Gasteiger charge is 2.19. The molecule has 0 aromatic carbocycles. The van der Waals surface area contributed by atoms with E-state index in [0.29, 0.717) is 26.2 Å². The van der Waals surface area contributed by atoms with E-state index in [0.717, 1.165) is 13.0 Å². The summed E-state index contributed by atoms with van der Waals surface area (Å²) in [6.07, 6.45) is 1.10. The molecule has 5 heteroatoms. The van der Waals surface area contributed by atoms with Gasteiger partial charge in [0.05, 0.1) is 12.6 Å². The summed E-state index contributed by atoms with van der Waals surface area (Å²) >= 11 is 0. The Morgan fingerprint density at radius 3 is 2.58 bits per heavy atom. The van der Waals surface area contributed by atoms with Crippen LogP contribution in [0.4, 0.5) is 0 Å². The second-order valence-electron chi connectivity index (χ2n) is 6.16. The van der Waals surface area contributed by atoms with Gasteiger partial charge in [-0.3, -0.25) is 9.69 Å². The van der Waals surface area contributed by atoms with Crippen LogP contribution >= 0.6 is 0 Å². The first-order valence-electron chi connectivity index (χ1n) is 7.04. The van der Waals surface area contributed by atoms with E-state index in [1.54, 1.807) is 0 Å². The summed E-state index contributed by atoms with van der Waals surface area (Å²) in [6, 6.07) is 0. The SMILES string of the molecule is CC(C)OCCCNC(=O)CN(C)CC(C)(C)CN. The summed E-state index contributed by atoms with van der Waals surface area (Å²) in [7, 11) is 1.94. The Kier molecular flexibility index (Phi) is 8.97. The van der Waals surface area contributed by atoms with Crippen LogP contribution in [-0.2, 0) is 9.53 Å². The smallest absolute Gasteiger partial charge is 0.234 e. The van der Waals surface area contributed by atoms with Crippen molar-refractivity contribution < 1.29 is 9.53 Å². The van der Waals surface area contributed by atoms with Crippen LogP contribution in [0.15, 0.2) is 0 Å². The van der Waals surface area contributed by atoms with Crippen LogP contribution in [0.3, 0.4) is 0 Å². The maximum Gasteiger partial charge on any atom is 0.234 e. The van der Waals surface area contributed by atoms with Crippen molar-refractivity contribution >= 4 is 5.91 Å². The largest absolute Gasteiger partial charge is 0.379 e. The molecule has 0 unspecified atom stereocenters. The van der Waals surface area contributed by atoms with E-state index in [4.69, 9.17) is 10.5 Å². The molecular formula is C14H31N3O2. The number of nitrogens with one attached hydrogen (secondary N) is 1. The van der Waals surface area contributed by atoms with Gasteiger partial charge in [-0.15, -0.1) is 0 Å². The van der Waals surface area contributed by atoms with Crippen LogP contribution in [0.25, 0.3) is 0 Å². The number of carbonyl (C=O) groups is 1. The lowest BCUT2D eigenvalue weighted by Crippen LogP contribution is -2.42. The lowest BCUT2D eigenvalue weighted by atomic mass is 9.93. The molecule has 1 amide bonds. The van der Waals surface area contributed by atoms with Crippen molar-refractivity contribution in [3.05, 3.63) is 0 Å². The number of ether oxygens (including phenoxy) is 1. The third-order valence-electron chi connectivity index (χ3n) is 2.76. The Bertz CT molecular complexity index is 255. The van der Waals surface area contributed by atoms with Crippen molar-refractivity contribution in [3.8, 4) is 0 Å². The van der Waals surface area contributed by atoms with Crippen molar-refractivity contribution in [2.75, 3.05) is 39.8 Å². The normalized spacial score (nSPS) is 12.2. The maximum absolute atomic E-state index is 11.7. The molecular weight excluding hydrogens is 242 g/mol. The van der Waals surface area contributed by atoms with E-state index in [9.17, 15) is 4.79 Å². The maximum atomic E-state index is 11.7. The molecule has 0 aromatic heterocycles. The highest BCUT2D eigenvalue weighted by molar-refractivity contribution is 5.77. The Labute approximate surface area is 117 Å². The molecule has 0 spiro atoms. The summed E-state index contributed by atoms with van der Waals surface area (Å²) in [5.74, 6) is 0.0554. The zero-order valence-electron chi connectivity index (χ0n) is 13.2. The Morgan fingerprint density at radius 1 is 1.42 bits per heavy atom. The number of likely N-dealkylation sites (N-methyl/N-ethyl adjacent to an activating group) is 1. The lowest BCUT2D eigenvalue weighted by Gasteiger charge is -2.28. The van der Waals surface area contributed by atoms with E-state index in [1.165, 1.54) is 0 Å². The Morgan fingerprint density at radius 2 is 2.05 bits per heavy atom. The van der Waals surface area contributed by atoms with Gasteiger partial charge in [-0.05, 0) is 39.3 Å². The molecule has 0 radical (unpaired) electrons. The molecule has 0 rings (SSSR count). The minimum absolute atomic E-state index is 0.0418. The number of nitrogens with zero attached hydrogens (tertiary/aromatic N) is 1. The summed E-state index contributed by atoms with van der Waals surface area (Å²) in [5.41, 5.74) is 5.72. The molecule has 0 aromatic rings. The molecule has 19 heavy (non-hydrogen) atoms. The second kappa shape index (κ2) is 9.28. The summed E-state index contributed by atoms with van der Waals surface area (Å²) in [5, 5.41) is 2.90. The van der Waals surface area contributed by atoms with Crippen molar-refractivity contribution in [1.82, 2.24) is 10.2 Å². The molecule has 5 nitrogen and oxygen atoms in total. The summed E-state index contributed by atoms with van der Waals surface area (Å²) < 4.78 is 5.41. The lowest BCUT2D eigenvalue weighted by molar-refractivity contribution is -0.122. The van der Waals surface area contributed by atoms with Crippen LogP contribution in [-0.4, -0.2) is 56.7 Å². The highest BCUT2D eigenvalue weighted by Crippen LogP contribution is 2.13. The fourth-order valence-corrected chi connectivity index (χ4v) is 1.77. The topological polar surface area (TPSA) is 67.6 Å². The zero-order chi connectivity index (χ0) is 14.9. The number of rotatable bonds is 10. The van der Waals surface area contributed by atoms with Gasteiger partial charge < -0.3 is 15.8 Å². The predicted molar refractivity (Wildman–Crippen MR) is 79.0 cm³/mol. The molecule has 0 bridgehead atoms. The summed E-state index contributed by atoms with van der Waals surface area (Å²) in [4.78, 5) is 13.7. The first-order valence-corrected chi connectivity index (χ1v) is 7.04. The molecule has 3 N–H and O–H groups in total. The fourth-order valence-electron chi connectivity index (χ4n) is 1.77. The molecule has 0 aliphatic carbocycles. The van der Waals surface area contributed by atoms with E-state index in [-0.39, 0.29) is 17.4 Å². The van der Waals surface area contributed by atoms with Crippen molar-refractivity contribution in [3.63, 3.8) is 0 Å². The standard InChI is InChI=1S/C14H31N3O2/c1-12(2)19-8-6-7-16-13(18)9-17(5)11-14(3,4)10-15/h12H,6-11,15H2,1-5H3,(H,16,18). The van der Waals surface area contributed by atoms with Gasteiger partial charge in [0.25, 0.3) is 0 Å². The minimum atomic E-state index is 0.0418. The monoisotopic (exact) mass is 273 g/mol. The van der Waals surface area contributed by atoms with Crippen LogP contribution in [0, 0.1) is 5.41 Å². The summed E-state index contributed by atoms with van der Waals surface area (Å²) in [6.45, 7) is 11.4. The zero-order valence-corrected chi connectivity index (χ0v) is 13.2.